The van der Waals surface area contributed by atoms with Crippen LogP contribution in [0.1, 0.15) is 10.4 Å². The normalized spacial score (nSPS) is 11.3. The summed E-state index contributed by atoms with van der Waals surface area (Å²) in [7, 11) is 0. The van der Waals surface area contributed by atoms with Gasteiger partial charge in [0.1, 0.15) is 12.4 Å². The molecule has 0 atom stereocenters. The highest BCUT2D eigenvalue weighted by atomic mass is 127. The lowest BCUT2D eigenvalue weighted by molar-refractivity contribution is -0.123. The maximum absolute atomic E-state index is 13.2. The van der Waals surface area contributed by atoms with E-state index in [2.05, 4.69) is 0 Å². The van der Waals surface area contributed by atoms with Crippen molar-refractivity contribution in [2.45, 2.75) is 6.18 Å². The van der Waals surface area contributed by atoms with Gasteiger partial charge in [-0.15, -0.1) is 0 Å². The molecule has 7 heteroatoms. The van der Waals surface area contributed by atoms with E-state index in [-0.39, 0.29) is 9.13 Å². The van der Waals surface area contributed by atoms with Gasteiger partial charge in [0.05, 0.1) is 5.56 Å². The number of benzene rings is 1. The molecule has 2 nitrogen and oxygen atoms in total. The molecule has 0 saturated heterocycles. The highest BCUT2D eigenvalue weighted by Gasteiger charge is 2.28. The van der Waals surface area contributed by atoms with Crippen LogP contribution in [0.4, 0.5) is 17.6 Å². The molecule has 1 rings (SSSR count). The molecule has 1 amide bonds. The first kappa shape index (κ1) is 13.2. The predicted octanol–water partition coefficient (Wildman–Crippen LogP) is 2.72. The number of nitrogens with one attached hydrogen (secondary N) is 1. The Labute approximate surface area is 102 Å². The summed E-state index contributed by atoms with van der Waals surface area (Å²) in [5.74, 6) is -1.91. The zero-order chi connectivity index (χ0) is 12.3. The smallest absolute Gasteiger partial charge is 0.343 e. The van der Waals surface area contributed by atoms with E-state index in [0.29, 0.717) is 0 Å². The van der Waals surface area contributed by atoms with E-state index >= 15 is 0 Å². The third-order valence-electron chi connectivity index (χ3n) is 1.64. The van der Waals surface area contributed by atoms with Crippen LogP contribution in [0.5, 0.6) is 0 Å². The quantitative estimate of drug-likeness (QED) is 0.647. The van der Waals surface area contributed by atoms with E-state index in [9.17, 15) is 22.4 Å². The average Bonchev–Trinajstić information content (AvgIpc) is 2.13. The van der Waals surface area contributed by atoms with Crippen molar-refractivity contribution in [2.24, 2.45) is 0 Å². The van der Waals surface area contributed by atoms with Crippen molar-refractivity contribution in [3.05, 3.63) is 33.1 Å². The number of alkyl halides is 3. The van der Waals surface area contributed by atoms with Crippen LogP contribution in [0.2, 0.25) is 0 Å². The highest BCUT2D eigenvalue weighted by molar-refractivity contribution is 14.1. The van der Waals surface area contributed by atoms with E-state index in [4.69, 9.17) is 0 Å². The molecule has 0 bridgehead atoms. The van der Waals surface area contributed by atoms with Gasteiger partial charge in [0.25, 0.3) is 5.91 Å². The van der Waals surface area contributed by atoms with Crippen LogP contribution in [0.15, 0.2) is 18.2 Å². The van der Waals surface area contributed by atoms with Gasteiger partial charge in [-0.2, -0.15) is 13.2 Å². The summed E-state index contributed by atoms with van der Waals surface area (Å²) in [6.45, 7) is -1.48. The Hall–Kier alpha value is -0.860. The number of rotatable bonds is 2. The fourth-order valence-electron chi connectivity index (χ4n) is 0.984. The Balaban J connectivity index is 2.81. The molecule has 0 saturated carbocycles. The lowest BCUT2D eigenvalue weighted by Gasteiger charge is -2.09. The van der Waals surface area contributed by atoms with Crippen molar-refractivity contribution < 1.29 is 22.4 Å². The van der Waals surface area contributed by atoms with Gasteiger partial charge in [-0.3, -0.25) is 4.79 Å². The zero-order valence-corrected chi connectivity index (χ0v) is 9.89. The minimum absolute atomic E-state index is 0.261. The van der Waals surface area contributed by atoms with Gasteiger partial charge in [0.15, 0.2) is 0 Å². The van der Waals surface area contributed by atoms with Gasteiger partial charge >= 0.3 is 6.18 Å². The molecule has 16 heavy (non-hydrogen) atoms. The van der Waals surface area contributed by atoms with E-state index < -0.39 is 24.4 Å². The van der Waals surface area contributed by atoms with Crippen LogP contribution in [-0.2, 0) is 0 Å². The molecule has 88 valence electrons. The summed E-state index contributed by atoms with van der Waals surface area (Å²) >= 11 is 1.68. The zero-order valence-electron chi connectivity index (χ0n) is 7.74. The first-order valence-electron chi connectivity index (χ1n) is 4.10. The number of halogens is 5. The lowest BCUT2D eigenvalue weighted by atomic mass is 10.2. The number of carbonyl (C=O) groups is 1. The molecule has 0 aliphatic carbocycles. The third-order valence-corrected chi connectivity index (χ3v) is 2.54. The molecule has 1 N–H and O–H groups in total. The van der Waals surface area contributed by atoms with Crippen LogP contribution in [0.25, 0.3) is 0 Å². The summed E-state index contributed by atoms with van der Waals surface area (Å²) < 4.78 is 48.9. The maximum Gasteiger partial charge on any atom is 0.405 e. The Morgan fingerprint density at radius 2 is 2.00 bits per heavy atom. The van der Waals surface area contributed by atoms with Gasteiger partial charge in [-0.1, -0.05) is 6.07 Å². The van der Waals surface area contributed by atoms with Crippen LogP contribution in [0.3, 0.4) is 0 Å². The summed E-state index contributed by atoms with van der Waals surface area (Å²) in [6.07, 6.45) is -4.51. The van der Waals surface area contributed by atoms with Crippen molar-refractivity contribution in [2.75, 3.05) is 6.54 Å². The van der Waals surface area contributed by atoms with Crippen molar-refractivity contribution in [1.29, 1.82) is 0 Å². The Morgan fingerprint density at radius 3 is 2.50 bits per heavy atom. The first-order chi connectivity index (χ1) is 7.31. The van der Waals surface area contributed by atoms with Crippen molar-refractivity contribution in [1.82, 2.24) is 5.32 Å². The summed E-state index contributed by atoms with van der Waals surface area (Å²) in [5.41, 5.74) is -0.368. The van der Waals surface area contributed by atoms with Gasteiger partial charge < -0.3 is 5.32 Å². The predicted molar refractivity (Wildman–Crippen MR) is 57.5 cm³/mol. The first-order valence-corrected chi connectivity index (χ1v) is 5.18. The molecule has 0 radical (unpaired) electrons. The Kier molecular flexibility index (Phi) is 4.11. The minimum atomic E-state index is -4.51. The van der Waals surface area contributed by atoms with Crippen LogP contribution in [-0.4, -0.2) is 18.6 Å². The summed E-state index contributed by atoms with van der Waals surface area (Å²) in [6, 6.07) is 3.83. The van der Waals surface area contributed by atoms with Crippen LogP contribution < -0.4 is 5.32 Å². The van der Waals surface area contributed by atoms with Crippen molar-refractivity contribution in [3.8, 4) is 0 Å². The number of hydrogen-bond acceptors (Lipinski definition) is 1. The van der Waals surface area contributed by atoms with Gasteiger partial charge in [0, 0.05) is 3.57 Å². The maximum atomic E-state index is 13.2. The number of amides is 1. The number of carbonyl (C=O) groups excluding carboxylic acids is 1. The SMILES string of the molecule is O=C(NCC(F)(F)F)c1c(F)cccc1I. The second-order valence-corrected chi connectivity index (χ2v) is 4.06. The molecule has 0 spiro atoms. The topological polar surface area (TPSA) is 29.1 Å². The van der Waals surface area contributed by atoms with E-state index in [1.54, 1.807) is 27.9 Å². The molecule has 1 aromatic carbocycles. The lowest BCUT2D eigenvalue weighted by Crippen LogP contribution is -2.34. The second-order valence-electron chi connectivity index (χ2n) is 2.89. The third kappa shape index (κ3) is 3.62. The highest BCUT2D eigenvalue weighted by Crippen LogP contribution is 2.17. The molecule has 0 fully saturated rings. The largest absolute Gasteiger partial charge is 0.405 e. The van der Waals surface area contributed by atoms with Crippen LogP contribution in [0, 0.1) is 9.39 Å². The van der Waals surface area contributed by atoms with Crippen LogP contribution >= 0.6 is 22.6 Å². The molecular formula is C9H6F4INO. The molecule has 0 unspecified atom stereocenters. The minimum Gasteiger partial charge on any atom is -0.343 e. The Morgan fingerprint density at radius 1 is 1.38 bits per heavy atom. The second kappa shape index (κ2) is 4.98. The molecule has 0 heterocycles. The van der Waals surface area contributed by atoms with E-state index in [0.717, 1.165) is 6.07 Å². The van der Waals surface area contributed by atoms with Gasteiger partial charge in [0.2, 0.25) is 0 Å². The molecular weight excluding hydrogens is 341 g/mol. The van der Waals surface area contributed by atoms with E-state index in [1.165, 1.54) is 12.1 Å². The van der Waals surface area contributed by atoms with Gasteiger partial charge in [-0.25, -0.2) is 4.39 Å². The summed E-state index contributed by atoms with van der Waals surface area (Å²) in [4.78, 5) is 11.3. The van der Waals surface area contributed by atoms with Gasteiger partial charge in [-0.05, 0) is 34.7 Å². The summed E-state index contributed by atoms with van der Waals surface area (Å²) in [5, 5.41) is 1.61. The van der Waals surface area contributed by atoms with Crippen molar-refractivity contribution >= 4 is 28.5 Å². The monoisotopic (exact) mass is 347 g/mol. The fourth-order valence-corrected chi connectivity index (χ4v) is 1.69. The Bertz CT molecular complexity index is 385. The number of hydrogen-bond donors (Lipinski definition) is 1. The average molecular weight is 347 g/mol. The molecule has 0 aromatic heterocycles. The standard InChI is InChI=1S/C9H6F4INO/c10-5-2-1-3-6(14)7(5)8(16)15-4-9(11,12)13/h1-3H,4H2,(H,15,16). The molecule has 1 aromatic rings. The van der Waals surface area contributed by atoms with E-state index in [1.807, 2.05) is 0 Å². The fraction of sp³-hybridized carbons (Fsp3) is 0.222. The molecule has 0 aliphatic rings. The molecule has 0 aliphatic heterocycles. The van der Waals surface area contributed by atoms with Crippen molar-refractivity contribution in [3.63, 3.8) is 0 Å².